The lowest BCUT2D eigenvalue weighted by Crippen LogP contribution is -2.11. The van der Waals surface area contributed by atoms with Crippen molar-refractivity contribution in [3.63, 3.8) is 0 Å². The van der Waals surface area contributed by atoms with E-state index in [1.807, 2.05) is 0 Å². The van der Waals surface area contributed by atoms with Crippen LogP contribution in [0.3, 0.4) is 0 Å². The summed E-state index contributed by atoms with van der Waals surface area (Å²) in [6.07, 6.45) is 3.15. The molecule has 0 radical (unpaired) electrons. The van der Waals surface area contributed by atoms with Crippen LogP contribution in [-0.4, -0.2) is 25.8 Å². The van der Waals surface area contributed by atoms with Crippen molar-refractivity contribution in [1.82, 2.24) is 10.2 Å². The van der Waals surface area contributed by atoms with E-state index >= 15 is 0 Å². The summed E-state index contributed by atoms with van der Waals surface area (Å²) >= 11 is 0. The molecule has 70 valence electrons. The Bertz CT molecular complexity index is 343. The Balaban J connectivity index is 2.19. The van der Waals surface area contributed by atoms with Gasteiger partial charge in [0.15, 0.2) is 0 Å². The second-order valence-corrected chi connectivity index (χ2v) is 3.40. The fourth-order valence-electron chi connectivity index (χ4n) is 1.27. The molecule has 0 aliphatic heterocycles. The first-order valence-corrected chi connectivity index (χ1v) is 4.00. The topological polar surface area (TPSA) is 92.0 Å². The minimum atomic E-state index is -0.714. The molecule has 0 bridgehead atoms. The lowest BCUT2D eigenvalue weighted by molar-refractivity contribution is -0.390. The van der Waals surface area contributed by atoms with Gasteiger partial charge in [-0.05, 0) is 17.8 Å². The number of H-pyrrole nitrogens is 1. The number of aromatic nitrogens is 2. The van der Waals surface area contributed by atoms with Crippen LogP contribution in [0.5, 0.6) is 0 Å². The van der Waals surface area contributed by atoms with Gasteiger partial charge in [0.2, 0.25) is 0 Å². The fraction of sp³-hybridized carbons (Fsp3) is 0.571. The summed E-state index contributed by atoms with van der Waals surface area (Å²) in [5.74, 6) is -0.111. The maximum atomic E-state index is 10.4. The minimum Gasteiger partial charge on any atom is -0.390 e. The molecule has 0 spiro atoms. The average molecular weight is 183 g/mol. The first kappa shape index (κ1) is 8.18. The summed E-state index contributed by atoms with van der Waals surface area (Å²) in [5, 5.41) is 25.9. The molecule has 1 aliphatic rings. The number of nitrogens with one attached hydrogen (secondary N) is 1. The third-order valence-electron chi connectivity index (χ3n) is 2.22. The Morgan fingerprint density at radius 1 is 1.77 bits per heavy atom. The fourth-order valence-corrected chi connectivity index (χ4v) is 1.27. The Labute approximate surface area is 73.7 Å². The summed E-state index contributed by atoms with van der Waals surface area (Å²) in [7, 11) is 0. The number of nitro groups is 1. The highest BCUT2D eigenvalue weighted by Crippen LogP contribution is 2.39. The van der Waals surface area contributed by atoms with Crippen LogP contribution in [0.4, 0.5) is 5.82 Å². The molecule has 1 saturated carbocycles. The second kappa shape index (κ2) is 2.53. The van der Waals surface area contributed by atoms with Crippen molar-refractivity contribution in [2.24, 2.45) is 0 Å². The van der Waals surface area contributed by atoms with E-state index in [2.05, 4.69) is 10.2 Å². The van der Waals surface area contributed by atoms with E-state index in [1.54, 1.807) is 0 Å². The van der Waals surface area contributed by atoms with Gasteiger partial charge in [-0.15, -0.1) is 5.10 Å². The van der Waals surface area contributed by atoms with Gasteiger partial charge in [-0.1, -0.05) is 5.10 Å². The van der Waals surface area contributed by atoms with Crippen molar-refractivity contribution in [1.29, 1.82) is 0 Å². The average Bonchev–Trinajstić information content (AvgIpc) is 2.63. The van der Waals surface area contributed by atoms with E-state index in [0.717, 1.165) is 12.8 Å². The van der Waals surface area contributed by atoms with Crippen LogP contribution in [-0.2, 0) is 6.42 Å². The first-order valence-electron chi connectivity index (χ1n) is 4.00. The molecule has 1 aromatic heterocycles. The molecule has 13 heavy (non-hydrogen) atoms. The highest BCUT2D eigenvalue weighted by Gasteiger charge is 2.42. The summed E-state index contributed by atoms with van der Waals surface area (Å²) < 4.78 is 0. The summed E-state index contributed by atoms with van der Waals surface area (Å²) in [6.45, 7) is 0. The van der Waals surface area contributed by atoms with E-state index in [-0.39, 0.29) is 5.82 Å². The van der Waals surface area contributed by atoms with Crippen molar-refractivity contribution >= 4 is 5.82 Å². The van der Waals surface area contributed by atoms with Gasteiger partial charge in [-0.25, -0.2) is 0 Å². The molecule has 1 heterocycles. The van der Waals surface area contributed by atoms with Crippen LogP contribution in [0.15, 0.2) is 6.20 Å². The van der Waals surface area contributed by atoms with Gasteiger partial charge in [0, 0.05) is 6.42 Å². The van der Waals surface area contributed by atoms with Gasteiger partial charge in [0.05, 0.1) is 17.4 Å². The van der Waals surface area contributed by atoms with Gasteiger partial charge in [-0.3, -0.25) is 0 Å². The predicted molar refractivity (Wildman–Crippen MR) is 43.1 cm³/mol. The third kappa shape index (κ3) is 1.52. The predicted octanol–water partition coefficient (Wildman–Crippen LogP) is 0.385. The maximum Gasteiger partial charge on any atom is 0.345 e. The van der Waals surface area contributed by atoms with Crippen LogP contribution in [0.25, 0.3) is 0 Å². The zero-order chi connectivity index (χ0) is 9.47. The summed E-state index contributed by atoms with van der Waals surface area (Å²) in [6, 6.07) is 0. The molecular formula is C7H9N3O3. The maximum absolute atomic E-state index is 10.4. The Hall–Kier alpha value is -1.43. The lowest BCUT2D eigenvalue weighted by atomic mass is 10.1. The summed E-state index contributed by atoms with van der Waals surface area (Å²) in [5.41, 5.74) is -0.237. The number of rotatable bonds is 3. The van der Waals surface area contributed by atoms with Crippen molar-refractivity contribution in [3.05, 3.63) is 21.9 Å². The van der Waals surface area contributed by atoms with Gasteiger partial charge < -0.3 is 15.2 Å². The van der Waals surface area contributed by atoms with Gasteiger partial charge in [0.1, 0.15) is 0 Å². The molecule has 0 aromatic carbocycles. The molecule has 6 nitrogen and oxygen atoms in total. The van der Waals surface area contributed by atoms with Crippen LogP contribution in [0.2, 0.25) is 0 Å². The van der Waals surface area contributed by atoms with E-state index in [1.165, 1.54) is 6.20 Å². The molecule has 0 saturated heterocycles. The zero-order valence-corrected chi connectivity index (χ0v) is 6.86. The molecular weight excluding hydrogens is 174 g/mol. The number of hydrogen-bond acceptors (Lipinski definition) is 4. The lowest BCUT2D eigenvalue weighted by Gasteiger charge is -2.03. The van der Waals surface area contributed by atoms with Crippen molar-refractivity contribution in [3.8, 4) is 0 Å². The standard InChI is InChI=1S/C7H9N3O3/c11-7(1-2-7)3-5-4-8-9-6(5)10(12)13/h4,11H,1-3H2,(H,8,9). The van der Waals surface area contributed by atoms with E-state index in [0.29, 0.717) is 12.0 Å². The number of nitrogens with zero attached hydrogens (tertiary/aromatic N) is 2. The van der Waals surface area contributed by atoms with E-state index in [4.69, 9.17) is 0 Å². The number of aliphatic hydroxyl groups is 1. The van der Waals surface area contributed by atoms with Gasteiger partial charge >= 0.3 is 5.82 Å². The Kier molecular flexibility index (Phi) is 1.59. The number of aromatic amines is 1. The molecule has 1 fully saturated rings. The largest absolute Gasteiger partial charge is 0.390 e. The van der Waals surface area contributed by atoms with E-state index in [9.17, 15) is 15.2 Å². The SMILES string of the molecule is O=[N+]([O-])c1[nH]ncc1CC1(O)CC1. The first-order chi connectivity index (χ1) is 6.11. The summed E-state index contributed by atoms with van der Waals surface area (Å²) in [4.78, 5) is 9.92. The molecule has 1 aromatic rings. The highest BCUT2D eigenvalue weighted by molar-refractivity contribution is 5.31. The van der Waals surface area contributed by atoms with Crippen LogP contribution >= 0.6 is 0 Å². The van der Waals surface area contributed by atoms with Gasteiger partial charge in [-0.2, -0.15) is 0 Å². The molecule has 2 rings (SSSR count). The van der Waals surface area contributed by atoms with Crippen molar-refractivity contribution < 1.29 is 10.0 Å². The highest BCUT2D eigenvalue weighted by atomic mass is 16.6. The molecule has 0 amide bonds. The molecule has 0 atom stereocenters. The molecule has 2 N–H and O–H groups in total. The Morgan fingerprint density at radius 3 is 3.00 bits per heavy atom. The van der Waals surface area contributed by atoms with Gasteiger partial charge in [0.25, 0.3) is 0 Å². The van der Waals surface area contributed by atoms with Crippen LogP contribution < -0.4 is 0 Å². The van der Waals surface area contributed by atoms with Crippen molar-refractivity contribution in [2.45, 2.75) is 24.9 Å². The zero-order valence-electron chi connectivity index (χ0n) is 6.86. The molecule has 6 heteroatoms. The quantitative estimate of drug-likeness (QED) is 0.523. The van der Waals surface area contributed by atoms with E-state index < -0.39 is 10.5 Å². The Morgan fingerprint density at radius 2 is 2.46 bits per heavy atom. The second-order valence-electron chi connectivity index (χ2n) is 3.40. The monoisotopic (exact) mass is 183 g/mol. The normalized spacial score (nSPS) is 18.5. The minimum absolute atomic E-state index is 0.111. The third-order valence-corrected chi connectivity index (χ3v) is 2.22. The van der Waals surface area contributed by atoms with Crippen LogP contribution in [0.1, 0.15) is 18.4 Å². The van der Waals surface area contributed by atoms with Crippen molar-refractivity contribution in [2.75, 3.05) is 0 Å². The van der Waals surface area contributed by atoms with Crippen LogP contribution in [0, 0.1) is 10.1 Å². The smallest absolute Gasteiger partial charge is 0.345 e. The number of hydrogen-bond donors (Lipinski definition) is 2. The molecule has 0 unspecified atom stereocenters. The molecule has 1 aliphatic carbocycles.